The molecule has 1 N–H and O–H groups in total. The van der Waals surface area contributed by atoms with Gasteiger partial charge in [-0.15, -0.1) is 11.8 Å². The van der Waals surface area contributed by atoms with E-state index in [0.29, 0.717) is 27.9 Å². The van der Waals surface area contributed by atoms with E-state index in [1.54, 1.807) is 18.2 Å². The number of amides is 1. The van der Waals surface area contributed by atoms with Gasteiger partial charge < -0.3 is 5.32 Å². The maximum Gasteiger partial charge on any atom is 0.225 e. The topological polar surface area (TPSA) is 54.9 Å². The lowest BCUT2D eigenvalue weighted by Gasteiger charge is -2.06. The van der Waals surface area contributed by atoms with Gasteiger partial charge in [0.2, 0.25) is 5.91 Å². The standard InChI is InChI=1S/C14H13Cl2N3OS/c1-9-4-14(18-8-17-9)21-3-2-13(20)19-12-6-10(15)5-11(16)7-12/h4-8H,2-3H2,1H3,(H,19,20). The number of anilines is 1. The van der Waals surface area contributed by atoms with Crippen LogP contribution in [-0.4, -0.2) is 21.6 Å². The minimum atomic E-state index is -0.0911. The number of carbonyl (C=O) groups excluding carboxylic acids is 1. The molecule has 0 saturated carbocycles. The predicted octanol–water partition coefficient (Wildman–Crippen LogP) is 4.21. The van der Waals surface area contributed by atoms with Crippen molar-refractivity contribution in [1.82, 2.24) is 9.97 Å². The molecule has 0 aliphatic carbocycles. The summed E-state index contributed by atoms with van der Waals surface area (Å²) in [5.74, 6) is 0.544. The lowest BCUT2D eigenvalue weighted by atomic mass is 10.3. The van der Waals surface area contributed by atoms with Crippen molar-refractivity contribution in [3.63, 3.8) is 0 Å². The van der Waals surface area contributed by atoms with E-state index in [2.05, 4.69) is 15.3 Å². The minimum absolute atomic E-state index is 0.0911. The summed E-state index contributed by atoms with van der Waals surface area (Å²) in [6, 6.07) is 6.82. The van der Waals surface area contributed by atoms with E-state index in [1.165, 1.54) is 18.1 Å². The lowest BCUT2D eigenvalue weighted by molar-refractivity contribution is -0.115. The van der Waals surface area contributed by atoms with Crippen LogP contribution in [0.2, 0.25) is 10.0 Å². The molecule has 0 spiro atoms. The number of hydrogen-bond donors (Lipinski definition) is 1. The van der Waals surface area contributed by atoms with Gasteiger partial charge in [-0.3, -0.25) is 4.79 Å². The third-order valence-corrected chi connectivity index (χ3v) is 3.87. The number of aryl methyl sites for hydroxylation is 1. The van der Waals surface area contributed by atoms with Crippen molar-refractivity contribution in [3.8, 4) is 0 Å². The van der Waals surface area contributed by atoms with E-state index >= 15 is 0 Å². The van der Waals surface area contributed by atoms with Gasteiger partial charge in [-0.1, -0.05) is 23.2 Å². The number of nitrogens with one attached hydrogen (secondary N) is 1. The van der Waals surface area contributed by atoms with Crippen LogP contribution >= 0.6 is 35.0 Å². The Kier molecular flexibility index (Phi) is 5.85. The van der Waals surface area contributed by atoms with Gasteiger partial charge in [0, 0.05) is 33.6 Å². The predicted molar refractivity (Wildman–Crippen MR) is 87.2 cm³/mol. The fraction of sp³-hybridized carbons (Fsp3) is 0.214. The molecule has 1 aromatic heterocycles. The molecule has 1 heterocycles. The third kappa shape index (κ3) is 5.53. The van der Waals surface area contributed by atoms with Crippen LogP contribution in [0.3, 0.4) is 0 Å². The van der Waals surface area contributed by atoms with Crippen LogP contribution in [0.5, 0.6) is 0 Å². The molecule has 0 aliphatic heterocycles. The molecule has 1 aromatic carbocycles. The molecule has 21 heavy (non-hydrogen) atoms. The molecule has 2 aromatic rings. The van der Waals surface area contributed by atoms with Gasteiger partial charge in [0.05, 0.1) is 5.03 Å². The molecule has 0 radical (unpaired) electrons. The number of thioether (sulfide) groups is 1. The average Bonchev–Trinajstić information content (AvgIpc) is 2.37. The molecule has 4 nitrogen and oxygen atoms in total. The molecule has 1 amide bonds. The fourth-order valence-corrected chi connectivity index (χ4v) is 3.00. The fourth-order valence-electron chi connectivity index (χ4n) is 1.61. The first-order valence-electron chi connectivity index (χ1n) is 6.20. The summed E-state index contributed by atoms with van der Waals surface area (Å²) in [6.07, 6.45) is 1.89. The highest BCUT2D eigenvalue weighted by Crippen LogP contribution is 2.23. The Morgan fingerprint density at radius 1 is 1.19 bits per heavy atom. The highest BCUT2D eigenvalue weighted by atomic mass is 35.5. The van der Waals surface area contributed by atoms with Gasteiger partial charge in [-0.25, -0.2) is 9.97 Å². The Hall–Kier alpha value is -1.30. The normalized spacial score (nSPS) is 10.4. The zero-order chi connectivity index (χ0) is 15.2. The summed E-state index contributed by atoms with van der Waals surface area (Å²) >= 11 is 13.3. The summed E-state index contributed by atoms with van der Waals surface area (Å²) in [5.41, 5.74) is 1.51. The van der Waals surface area contributed by atoms with Crippen molar-refractivity contribution >= 4 is 46.6 Å². The van der Waals surface area contributed by atoms with Crippen molar-refractivity contribution in [1.29, 1.82) is 0 Å². The van der Waals surface area contributed by atoms with Crippen LogP contribution in [0, 0.1) is 6.92 Å². The second kappa shape index (κ2) is 7.64. The van der Waals surface area contributed by atoms with E-state index < -0.39 is 0 Å². The molecule has 0 aliphatic rings. The second-order valence-electron chi connectivity index (χ2n) is 4.30. The van der Waals surface area contributed by atoms with Gasteiger partial charge in [-0.05, 0) is 31.2 Å². The zero-order valence-electron chi connectivity index (χ0n) is 11.3. The summed E-state index contributed by atoms with van der Waals surface area (Å²) in [7, 11) is 0. The Bertz CT molecular complexity index is 632. The molecule has 0 fully saturated rings. The molecule has 7 heteroatoms. The quantitative estimate of drug-likeness (QED) is 0.653. The molecule has 0 saturated heterocycles. The van der Waals surface area contributed by atoms with Gasteiger partial charge in [0.25, 0.3) is 0 Å². The van der Waals surface area contributed by atoms with Crippen molar-refractivity contribution in [2.45, 2.75) is 18.4 Å². The Balaban J connectivity index is 1.82. The maximum absolute atomic E-state index is 11.8. The monoisotopic (exact) mass is 341 g/mol. The summed E-state index contributed by atoms with van der Waals surface area (Å²) < 4.78 is 0. The van der Waals surface area contributed by atoms with Gasteiger partial charge in [0.1, 0.15) is 6.33 Å². The highest BCUT2D eigenvalue weighted by molar-refractivity contribution is 7.99. The Labute approximate surface area is 137 Å². The van der Waals surface area contributed by atoms with Crippen LogP contribution < -0.4 is 5.32 Å². The SMILES string of the molecule is Cc1cc(SCCC(=O)Nc2cc(Cl)cc(Cl)c2)ncn1. The van der Waals surface area contributed by atoms with E-state index in [0.717, 1.165) is 10.7 Å². The summed E-state index contributed by atoms with van der Waals surface area (Å²) in [4.78, 5) is 20.0. The first kappa shape index (κ1) is 16.1. The number of benzene rings is 1. The molecule has 0 bridgehead atoms. The molecule has 0 unspecified atom stereocenters. The van der Waals surface area contributed by atoms with Crippen molar-refractivity contribution in [2.24, 2.45) is 0 Å². The summed E-state index contributed by atoms with van der Waals surface area (Å²) in [6.45, 7) is 1.90. The maximum atomic E-state index is 11.8. The van der Waals surface area contributed by atoms with E-state index in [4.69, 9.17) is 23.2 Å². The van der Waals surface area contributed by atoms with Crippen LogP contribution in [0.4, 0.5) is 5.69 Å². The average molecular weight is 342 g/mol. The second-order valence-corrected chi connectivity index (χ2v) is 6.29. The van der Waals surface area contributed by atoms with Gasteiger partial charge in [0.15, 0.2) is 0 Å². The Morgan fingerprint density at radius 2 is 1.90 bits per heavy atom. The number of carbonyl (C=O) groups is 1. The minimum Gasteiger partial charge on any atom is -0.326 e. The molecular formula is C14H13Cl2N3OS. The molecular weight excluding hydrogens is 329 g/mol. The number of hydrogen-bond acceptors (Lipinski definition) is 4. The van der Waals surface area contributed by atoms with E-state index in [1.807, 2.05) is 13.0 Å². The largest absolute Gasteiger partial charge is 0.326 e. The van der Waals surface area contributed by atoms with Gasteiger partial charge in [-0.2, -0.15) is 0 Å². The van der Waals surface area contributed by atoms with Crippen molar-refractivity contribution in [2.75, 3.05) is 11.1 Å². The van der Waals surface area contributed by atoms with Crippen molar-refractivity contribution in [3.05, 3.63) is 46.3 Å². The zero-order valence-corrected chi connectivity index (χ0v) is 13.6. The van der Waals surface area contributed by atoms with Crippen LogP contribution in [0.25, 0.3) is 0 Å². The van der Waals surface area contributed by atoms with E-state index in [-0.39, 0.29) is 5.91 Å². The summed E-state index contributed by atoms with van der Waals surface area (Å²) in [5, 5.41) is 4.61. The van der Waals surface area contributed by atoms with Crippen molar-refractivity contribution < 1.29 is 4.79 Å². The van der Waals surface area contributed by atoms with Gasteiger partial charge >= 0.3 is 0 Å². The van der Waals surface area contributed by atoms with E-state index in [9.17, 15) is 4.79 Å². The molecule has 0 atom stereocenters. The number of halogens is 2. The van der Waals surface area contributed by atoms with Crippen LogP contribution in [0.15, 0.2) is 35.6 Å². The van der Waals surface area contributed by atoms with Crippen LogP contribution in [0.1, 0.15) is 12.1 Å². The number of rotatable bonds is 5. The third-order valence-electron chi connectivity index (χ3n) is 2.50. The number of aromatic nitrogens is 2. The number of nitrogens with zero attached hydrogens (tertiary/aromatic N) is 2. The lowest BCUT2D eigenvalue weighted by Crippen LogP contribution is -2.12. The Morgan fingerprint density at radius 3 is 2.57 bits per heavy atom. The first-order chi connectivity index (χ1) is 10.0. The van der Waals surface area contributed by atoms with Crippen LogP contribution in [-0.2, 0) is 4.79 Å². The highest BCUT2D eigenvalue weighted by Gasteiger charge is 2.05. The molecule has 2 rings (SSSR count). The molecule has 110 valence electrons. The smallest absolute Gasteiger partial charge is 0.225 e. The first-order valence-corrected chi connectivity index (χ1v) is 7.94.